The van der Waals surface area contributed by atoms with E-state index in [0.29, 0.717) is 6.61 Å². The van der Waals surface area contributed by atoms with Crippen LogP contribution >= 0.6 is 0 Å². The predicted molar refractivity (Wildman–Crippen MR) is 68.4 cm³/mol. The highest BCUT2D eigenvalue weighted by Gasteiger charge is 1.93. The van der Waals surface area contributed by atoms with Crippen LogP contribution in [0.3, 0.4) is 0 Å². The van der Waals surface area contributed by atoms with Gasteiger partial charge in [0.25, 0.3) is 0 Å². The topological polar surface area (TPSA) is 38.3 Å². The zero-order valence-corrected chi connectivity index (χ0v) is 10.5. The van der Waals surface area contributed by atoms with E-state index in [1.54, 1.807) is 6.26 Å². The second-order valence-corrected chi connectivity index (χ2v) is 5.10. The fraction of sp³-hybridized carbons (Fsp3) is 0.500. The van der Waals surface area contributed by atoms with Crippen molar-refractivity contribution in [2.45, 2.75) is 6.42 Å². The Kier molecular flexibility index (Phi) is 6.85. The number of para-hydroxylation sites is 1. The Bertz CT molecular complexity index is 303. The van der Waals surface area contributed by atoms with Gasteiger partial charge in [-0.25, -0.2) is 0 Å². The SMILES string of the molecule is CS(=O)CCNCCCOc1ccccc1. The number of rotatable bonds is 8. The molecule has 3 nitrogen and oxygen atoms in total. The first kappa shape index (κ1) is 13.2. The number of ether oxygens (including phenoxy) is 1. The minimum atomic E-state index is -0.696. The van der Waals surface area contributed by atoms with Crippen molar-refractivity contribution in [1.29, 1.82) is 0 Å². The molecule has 4 heteroatoms. The molecule has 0 aliphatic carbocycles. The summed E-state index contributed by atoms with van der Waals surface area (Å²) in [5, 5.41) is 3.23. The van der Waals surface area contributed by atoms with E-state index in [4.69, 9.17) is 4.74 Å². The fourth-order valence-electron chi connectivity index (χ4n) is 1.24. The summed E-state index contributed by atoms with van der Waals surface area (Å²) in [4.78, 5) is 0. The first-order valence-electron chi connectivity index (χ1n) is 5.47. The monoisotopic (exact) mass is 241 g/mol. The third-order valence-corrected chi connectivity index (χ3v) is 2.86. The molecule has 1 aromatic rings. The van der Waals surface area contributed by atoms with Crippen molar-refractivity contribution in [1.82, 2.24) is 5.32 Å². The summed E-state index contributed by atoms with van der Waals surface area (Å²) in [5.74, 6) is 1.64. The molecule has 1 aromatic carbocycles. The molecule has 1 unspecified atom stereocenters. The van der Waals surface area contributed by atoms with Gasteiger partial charge in [0, 0.05) is 29.4 Å². The highest BCUT2D eigenvalue weighted by molar-refractivity contribution is 7.84. The maximum atomic E-state index is 10.8. The average molecular weight is 241 g/mol. The lowest BCUT2D eigenvalue weighted by atomic mass is 10.3. The van der Waals surface area contributed by atoms with Gasteiger partial charge < -0.3 is 10.1 Å². The number of nitrogens with one attached hydrogen (secondary N) is 1. The lowest BCUT2D eigenvalue weighted by Crippen LogP contribution is -2.22. The Hall–Kier alpha value is -0.870. The molecule has 0 heterocycles. The van der Waals surface area contributed by atoms with Gasteiger partial charge in [-0.1, -0.05) is 18.2 Å². The van der Waals surface area contributed by atoms with E-state index in [1.165, 1.54) is 0 Å². The van der Waals surface area contributed by atoms with Crippen LogP contribution in [0, 0.1) is 0 Å². The molecule has 0 bridgehead atoms. The molecule has 16 heavy (non-hydrogen) atoms. The fourth-order valence-corrected chi connectivity index (χ4v) is 1.68. The summed E-state index contributed by atoms with van der Waals surface area (Å²) in [6, 6.07) is 9.80. The molecule has 0 fully saturated rings. The third kappa shape index (κ3) is 6.58. The molecule has 0 saturated carbocycles. The van der Waals surface area contributed by atoms with Crippen LogP contribution in [0.2, 0.25) is 0 Å². The second-order valence-electron chi connectivity index (χ2n) is 3.54. The summed E-state index contributed by atoms with van der Waals surface area (Å²) in [5.41, 5.74) is 0. The molecular formula is C12H19NO2S. The minimum Gasteiger partial charge on any atom is -0.494 e. The molecule has 1 atom stereocenters. The standard InChI is InChI=1S/C12H19NO2S/c1-16(14)11-9-13-8-5-10-15-12-6-3-2-4-7-12/h2-4,6-7,13H,5,8-11H2,1H3. The van der Waals surface area contributed by atoms with Crippen LogP contribution in [0.4, 0.5) is 0 Å². The van der Waals surface area contributed by atoms with E-state index in [2.05, 4.69) is 5.32 Å². The van der Waals surface area contributed by atoms with Gasteiger partial charge in [-0.3, -0.25) is 4.21 Å². The van der Waals surface area contributed by atoms with Gasteiger partial charge in [0.2, 0.25) is 0 Å². The summed E-state index contributed by atoms with van der Waals surface area (Å²) in [6.45, 7) is 2.44. The van der Waals surface area contributed by atoms with E-state index < -0.39 is 10.8 Å². The van der Waals surface area contributed by atoms with Crippen molar-refractivity contribution in [3.8, 4) is 5.75 Å². The van der Waals surface area contributed by atoms with E-state index in [-0.39, 0.29) is 0 Å². The number of hydrogen-bond acceptors (Lipinski definition) is 3. The summed E-state index contributed by atoms with van der Waals surface area (Å²) in [7, 11) is -0.696. The highest BCUT2D eigenvalue weighted by Crippen LogP contribution is 2.07. The van der Waals surface area contributed by atoms with Crippen LogP contribution < -0.4 is 10.1 Å². The smallest absolute Gasteiger partial charge is 0.119 e. The van der Waals surface area contributed by atoms with Crippen molar-refractivity contribution in [3.05, 3.63) is 30.3 Å². The highest BCUT2D eigenvalue weighted by atomic mass is 32.2. The largest absolute Gasteiger partial charge is 0.494 e. The van der Waals surface area contributed by atoms with Crippen molar-refractivity contribution < 1.29 is 8.95 Å². The molecule has 90 valence electrons. The maximum absolute atomic E-state index is 10.8. The zero-order chi connectivity index (χ0) is 11.6. The Balaban J connectivity index is 1.94. The lowest BCUT2D eigenvalue weighted by molar-refractivity contribution is 0.309. The summed E-state index contributed by atoms with van der Waals surface area (Å²) in [6.07, 6.45) is 2.69. The van der Waals surface area contributed by atoms with Gasteiger partial charge >= 0.3 is 0 Å². The van der Waals surface area contributed by atoms with E-state index in [1.807, 2.05) is 30.3 Å². The van der Waals surface area contributed by atoms with Crippen molar-refractivity contribution in [2.24, 2.45) is 0 Å². The number of benzene rings is 1. The minimum absolute atomic E-state index is 0.696. The predicted octanol–water partition coefficient (Wildman–Crippen LogP) is 1.42. The molecule has 0 aliphatic rings. The zero-order valence-electron chi connectivity index (χ0n) is 9.65. The van der Waals surface area contributed by atoms with Crippen LogP contribution in [-0.4, -0.2) is 35.9 Å². The first-order valence-corrected chi connectivity index (χ1v) is 7.20. The van der Waals surface area contributed by atoms with Crippen molar-refractivity contribution in [2.75, 3.05) is 31.7 Å². The van der Waals surface area contributed by atoms with Gasteiger partial charge in [-0.15, -0.1) is 0 Å². The normalized spacial score (nSPS) is 12.3. The van der Waals surface area contributed by atoms with Crippen LogP contribution in [-0.2, 0) is 10.8 Å². The second kappa shape index (κ2) is 8.30. The lowest BCUT2D eigenvalue weighted by Gasteiger charge is -2.06. The molecule has 0 aromatic heterocycles. The summed E-state index contributed by atoms with van der Waals surface area (Å²) >= 11 is 0. The van der Waals surface area contributed by atoms with Gasteiger partial charge in [0.05, 0.1) is 6.61 Å². The Morgan fingerprint density at radius 1 is 1.25 bits per heavy atom. The molecule has 1 rings (SSSR count). The molecule has 0 saturated heterocycles. The van der Waals surface area contributed by atoms with Crippen LogP contribution in [0.5, 0.6) is 5.75 Å². The Morgan fingerprint density at radius 2 is 2.00 bits per heavy atom. The van der Waals surface area contributed by atoms with E-state index in [0.717, 1.165) is 31.0 Å². The molecule has 0 amide bonds. The van der Waals surface area contributed by atoms with Crippen molar-refractivity contribution in [3.63, 3.8) is 0 Å². The van der Waals surface area contributed by atoms with Gasteiger partial charge in [0.1, 0.15) is 5.75 Å². The average Bonchev–Trinajstić information content (AvgIpc) is 2.29. The van der Waals surface area contributed by atoms with E-state index in [9.17, 15) is 4.21 Å². The van der Waals surface area contributed by atoms with Crippen molar-refractivity contribution >= 4 is 10.8 Å². The first-order chi connectivity index (χ1) is 7.79. The Morgan fingerprint density at radius 3 is 2.69 bits per heavy atom. The third-order valence-electron chi connectivity index (χ3n) is 2.08. The Labute approximate surface area is 99.7 Å². The van der Waals surface area contributed by atoms with Crippen LogP contribution in [0.1, 0.15) is 6.42 Å². The van der Waals surface area contributed by atoms with Gasteiger partial charge in [-0.05, 0) is 25.1 Å². The molecule has 1 N–H and O–H groups in total. The number of hydrogen-bond donors (Lipinski definition) is 1. The quantitative estimate of drug-likeness (QED) is 0.700. The van der Waals surface area contributed by atoms with Crippen LogP contribution in [0.15, 0.2) is 30.3 Å². The molecule has 0 spiro atoms. The molecule has 0 aliphatic heterocycles. The molecule has 0 radical (unpaired) electrons. The maximum Gasteiger partial charge on any atom is 0.119 e. The van der Waals surface area contributed by atoms with E-state index >= 15 is 0 Å². The van der Waals surface area contributed by atoms with Crippen LogP contribution in [0.25, 0.3) is 0 Å². The van der Waals surface area contributed by atoms with Gasteiger partial charge in [0.15, 0.2) is 0 Å². The summed E-state index contributed by atoms with van der Waals surface area (Å²) < 4.78 is 16.3. The van der Waals surface area contributed by atoms with Gasteiger partial charge in [-0.2, -0.15) is 0 Å². The molecular weight excluding hydrogens is 222 g/mol.